The minimum atomic E-state index is -0.416. The first kappa shape index (κ1) is 10.9. The second-order valence-corrected chi connectivity index (χ2v) is 3.58. The van der Waals surface area contributed by atoms with Crippen LogP contribution in [0.15, 0.2) is 0 Å². The maximum atomic E-state index is 11.6. The normalized spacial score (nSPS) is 13.9. The van der Waals surface area contributed by atoms with Gasteiger partial charge in [-0.15, -0.1) is 0 Å². The fourth-order valence-corrected chi connectivity index (χ4v) is 1.61. The third-order valence-electron chi connectivity index (χ3n) is 2.37. The predicted molar refractivity (Wildman–Crippen MR) is 56.5 cm³/mol. The van der Waals surface area contributed by atoms with Gasteiger partial charge in [-0.2, -0.15) is 0 Å². The number of rotatable bonds is 2. The molecule has 1 aromatic heterocycles. The van der Waals surface area contributed by atoms with Crippen molar-refractivity contribution in [2.45, 2.75) is 26.7 Å². The molecule has 1 aromatic rings. The van der Waals surface area contributed by atoms with Crippen LogP contribution < -0.4 is 4.74 Å². The summed E-state index contributed by atoms with van der Waals surface area (Å²) in [4.78, 5) is 20.1. The van der Waals surface area contributed by atoms with E-state index in [1.165, 1.54) is 0 Å². The molecule has 5 nitrogen and oxygen atoms in total. The Balaban J connectivity index is 2.35. The highest BCUT2D eigenvalue weighted by Crippen LogP contribution is 2.21. The maximum absolute atomic E-state index is 11.6. The lowest BCUT2D eigenvalue weighted by Gasteiger charge is -2.16. The molecule has 1 aliphatic heterocycles. The SMILES string of the molecule is CCOC(=O)c1nc2c(nc1C)OCCC2. The molecule has 0 saturated heterocycles. The summed E-state index contributed by atoms with van der Waals surface area (Å²) in [5.74, 6) is 0.137. The first-order valence-electron chi connectivity index (χ1n) is 5.39. The van der Waals surface area contributed by atoms with Crippen molar-refractivity contribution in [2.24, 2.45) is 0 Å². The van der Waals surface area contributed by atoms with E-state index in [0.717, 1.165) is 18.5 Å². The molecule has 0 atom stereocenters. The summed E-state index contributed by atoms with van der Waals surface area (Å²) in [7, 11) is 0. The Hall–Kier alpha value is -1.65. The van der Waals surface area contributed by atoms with Crippen LogP contribution in [0.25, 0.3) is 0 Å². The molecule has 86 valence electrons. The molecule has 2 heterocycles. The first-order chi connectivity index (χ1) is 7.72. The first-order valence-corrected chi connectivity index (χ1v) is 5.39. The van der Waals surface area contributed by atoms with Crippen molar-refractivity contribution in [3.8, 4) is 5.88 Å². The molecular weight excluding hydrogens is 208 g/mol. The van der Waals surface area contributed by atoms with Crippen LogP contribution in [-0.2, 0) is 11.2 Å². The second-order valence-electron chi connectivity index (χ2n) is 3.58. The van der Waals surface area contributed by atoms with Crippen molar-refractivity contribution >= 4 is 5.97 Å². The molecule has 0 fully saturated rings. The van der Waals surface area contributed by atoms with Gasteiger partial charge in [-0.05, 0) is 26.7 Å². The van der Waals surface area contributed by atoms with Gasteiger partial charge in [0.1, 0.15) is 5.69 Å². The summed E-state index contributed by atoms with van der Waals surface area (Å²) in [6.45, 7) is 4.51. The molecule has 0 bridgehead atoms. The molecular formula is C11H14N2O3. The molecule has 0 unspecified atom stereocenters. The number of carbonyl (C=O) groups is 1. The summed E-state index contributed by atoms with van der Waals surface area (Å²) in [5, 5.41) is 0. The molecule has 1 aliphatic rings. The van der Waals surface area contributed by atoms with Gasteiger partial charge >= 0.3 is 5.97 Å². The summed E-state index contributed by atoms with van der Waals surface area (Å²) < 4.78 is 10.3. The largest absolute Gasteiger partial charge is 0.476 e. The smallest absolute Gasteiger partial charge is 0.358 e. The zero-order chi connectivity index (χ0) is 11.5. The van der Waals surface area contributed by atoms with Gasteiger partial charge in [0.2, 0.25) is 5.88 Å². The van der Waals surface area contributed by atoms with Crippen LogP contribution in [0.3, 0.4) is 0 Å². The molecule has 0 amide bonds. The molecule has 0 aromatic carbocycles. The van der Waals surface area contributed by atoms with Crippen molar-refractivity contribution < 1.29 is 14.3 Å². The van der Waals surface area contributed by atoms with Gasteiger partial charge in [0, 0.05) is 0 Å². The number of hydrogen-bond acceptors (Lipinski definition) is 5. The fraction of sp³-hybridized carbons (Fsp3) is 0.545. The lowest BCUT2D eigenvalue weighted by atomic mass is 10.2. The van der Waals surface area contributed by atoms with Crippen molar-refractivity contribution in [2.75, 3.05) is 13.2 Å². The average Bonchev–Trinajstić information content (AvgIpc) is 2.28. The van der Waals surface area contributed by atoms with E-state index < -0.39 is 5.97 Å². The van der Waals surface area contributed by atoms with Gasteiger partial charge in [-0.1, -0.05) is 0 Å². The van der Waals surface area contributed by atoms with Gasteiger partial charge in [0.15, 0.2) is 5.69 Å². The molecule has 0 spiro atoms. The van der Waals surface area contributed by atoms with Crippen LogP contribution in [0.5, 0.6) is 5.88 Å². The number of aromatic nitrogens is 2. The van der Waals surface area contributed by atoms with Gasteiger partial charge < -0.3 is 9.47 Å². The summed E-state index contributed by atoms with van der Waals surface area (Å²) in [6.07, 6.45) is 1.71. The van der Waals surface area contributed by atoms with E-state index in [9.17, 15) is 4.79 Å². The monoisotopic (exact) mass is 222 g/mol. The van der Waals surface area contributed by atoms with Gasteiger partial charge in [-0.3, -0.25) is 0 Å². The third kappa shape index (κ3) is 1.98. The van der Waals surface area contributed by atoms with Crippen molar-refractivity contribution in [3.05, 3.63) is 17.1 Å². The molecule has 16 heavy (non-hydrogen) atoms. The van der Waals surface area contributed by atoms with Gasteiger partial charge in [-0.25, -0.2) is 14.8 Å². The summed E-state index contributed by atoms with van der Waals surface area (Å²) in [6, 6.07) is 0. The molecule has 0 N–H and O–H groups in total. The standard InChI is InChI=1S/C11H14N2O3/c1-3-15-11(14)9-7(2)12-10-8(13-9)5-4-6-16-10/h3-6H2,1-2H3. The molecule has 0 radical (unpaired) electrons. The molecule has 5 heteroatoms. The number of hydrogen-bond donors (Lipinski definition) is 0. The van der Waals surface area contributed by atoms with Crippen LogP contribution in [0.2, 0.25) is 0 Å². The predicted octanol–water partition coefficient (Wildman–Crippen LogP) is 1.29. The number of esters is 1. The number of carbonyl (C=O) groups excluding carboxylic acids is 1. The lowest BCUT2D eigenvalue weighted by Crippen LogP contribution is -2.17. The zero-order valence-electron chi connectivity index (χ0n) is 9.45. The Bertz CT molecular complexity index is 418. The van der Waals surface area contributed by atoms with E-state index in [1.807, 2.05) is 0 Å². The maximum Gasteiger partial charge on any atom is 0.358 e. The Morgan fingerprint density at radius 2 is 2.31 bits per heavy atom. The Morgan fingerprint density at radius 1 is 1.50 bits per heavy atom. The van der Waals surface area contributed by atoms with Crippen LogP contribution in [0.1, 0.15) is 35.2 Å². The Morgan fingerprint density at radius 3 is 3.06 bits per heavy atom. The lowest BCUT2D eigenvalue weighted by molar-refractivity contribution is 0.0517. The quantitative estimate of drug-likeness (QED) is 0.705. The topological polar surface area (TPSA) is 61.3 Å². The summed E-state index contributed by atoms with van der Waals surface area (Å²) in [5.41, 5.74) is 1.60. The van der Waals surface area contributed by atoms with Crippen molar-refractivity contribution in [1.82, 2.24) is 9.97 Å². The number of fused-ring (bicyclic) bond motifs is 1. The number of nitrogens with zero attached hydrogens (tertiary/aromatic N) is 2. The van der Waals surface area contributed by atoms with Crippen molar-refractivity contribution in [3.63, 3.8) is 0 Å². The van der Waals surface area contributed by atoms with E-state index in [4.69, 9.17) is 9.47 Å². The van der Waals surface area contributed by atoms with Gasteiger partial charge in [0.25, 0.3) is 0 Å². The summed E-state index contributed by atoms with van der Waals surface area (Å²) >= 11 is 0. The second kappa shape index (κ2) is 4.47. The molecule has 0 saturated carbocycles. The minimum Gasteiger partial charge on any atom is -0.476 e. The highest BCUT2D eigenvalue weighted by atomic mass is 16.5. The molecule has 0 aliphatic carbocycles. The van der Waals surface area contributed by atoms with Crippen LogP contribution in [-0.4, -0.2) is 29.2 Å². The van der Waals surface area contributed by atoms with Crippen LogP contribution in [0, 0.1) is 6.92 Å². The van der Waals surface area contributed by atoms with Crippen LogP contribution >= 0.6 is 0 Å². The van der Waals surface area contributed by atoms with E-state index in [-0.39, 0.29) is 0 Å². The van der Waals surface area contributed by atoms with Crippen molar-refractivity contribution in [1.29, 1.82) is 0 Å². The number of ether oxygens (including phenoxy) is 2. The Kier molecular flexibility index (Phi) is 3.03. The highest BCUT2D eigenvalue weighted by Gasteiger charge is 2.20. The average molecular weight is 222 g/mol. The van der Waals surface area contributed by atoms with Crippen LogP contribution in [0.4, 0.5) is 0 Å². The minimum absolute atomic E-state index is 0.297. The van der Waals surface area contributed by atoms with Gasteiger partial charge in [0.05, 0.1) is 18.9 Å². The van der Waals surface area contributed by atoms with E-state index in [0.29, 0.717) is 30.5 Å². The molecule has 2 rings (SSSR count). The van der Waals surface area contributed by atoms with E-state index in [2.05, 4.69) is 9.97 Å². The number of aryl methyl sites for hydroxylation is 2. The zero-order valence-corrected chi connectivity index (χ0v) is 9.45. The fourth-order valence-electron chi connectivity index (χ4n) is 1.61. The highest BCUT2D eigenvalue weighted by molar-refractivity contribution is 5.88. The third-order valence-corrected chi connectivity index (χ3v) is 2.37. The van der Waals surface area contributed by atoms with E-state index in [1.54, 1.807) is 13.8 Å². The van der Waals surface area contributed by atoms with E-state index >= 15 is 0 Å². The Labute approximate surface area is 93.8 Å².